The van der Waals surface area contributed by atoms with Crippen molar-refractivity contribution in [2.24, 2.45) is 0 Å². The van der Waals surface area contributed by atoms with Crippen LogP contribution in [0.25, 0.3) is 10.9 Å². The van der Waals surface area contributed by atoms with Crippen LogP contribution >= 0.6 is 11.6 Å². The highest BCUT2D eigenvalue weighted by Crippen LogP contribution is 2.33. The number of rotatable bonds is 4. The molecular weight excluding hydrogens is 361 g/mol. The van der Waals surface area contributed by atoms with Gasteiger partial charge in [0.25, 0.3) is 0 Å². The molecule has 0 spiro atoms. The molecule has 1 unspecified atom stereocenters. The minimum Gasteiger partial charge on any atom is -0.344 e. The van der Waals surface area contributed by atoms with Crippen molar-refractivity contribution < 1.29 is 4.39 Å². The van der Waals surface area contributed by atoms with Crippen molar-refractivity contribution >= 4 is 22.5 Å². The lowest BCUT2D eigenvalue weighted by molar-refractivity contribution is 0.350. The third-order valence-electron chi connectivity index (χ3n) is 5.73. The molecule has 142 valence electrons. The van der Waals surface area contributed by atoms with Gasteiger partial charge in [0, 0.05) is 59.8 Å². The van der Waals surface area contributed by atoms with Crippen molar-refractivity contribution in [3.63, 3.8) is 0 Å². The standard InChI is InChI=1S/C22H25ClFN3/c1-15(16-3-5-18(12-24)25-13-16)14-27-21-6-4-17(23)11-20(21)19-7-9-26(2)10-8-22(19)27/h3-6,11,13,15H,7-10,12,14H2,1-2H3. The molecule has 1 aromatic carbocycles. The molecule has 27 heavy (non-hydrogen) atoms. The summed E-state index contributed by atoms with van der Waals surface area (Å²) in [5, 5.41) is 2.07. The van der Waals surface area contributed by atoms with Crippen LogP contribution in [0.2, 0.25) is 5.02 Å². The molecule has 0 amide bonds. The van der Waals surface area contributed by atoms with E-state index in [1.54, 1.807) is 6.07 Å². The number of nitrogens with zero attached hydrogens (tertiary/aromatic N) is 3. The maximum absolute atomic E-state index is 12.7. The predicted molar refractivity (Wildman–Crippen MR) is 109 cm³/mol. The van der Waals surface area contributed by atoms with Gasteiger partial charge in [0.2, 0.25) is 0 Å². The van der Waals surface area contributed by atoms with Gasteiger partial charge in [-0.1, -0.05) is 24.6 Å². The first kappa shape index (κ1) is 18.5. The van der Waals surface area contributed by atoms with Gasteiger partial charge >= 0.3 is 0 Å². The first-order valence-electron chi connectivity index (χ1n) is 9.55. The van der Waals surface area contributed by atoms with E-state index < -0.39 is 6.67 Å². The number of hydrogen-bond acceptors (Lipinski definition) is 2. The fraction of sp³-hybridized carbons (Fsp3) is 0.409. The van der Waals surface area contributed by atoms with Crippen LogP contribution < -0.4 is 0 Å². The van der Waals surface area contributed by atoms with Gasteiger partial charge in [0.05, 0.1) is 5.69 Å². The molecule has 3 aromatic rings. The Bertz CT molecular complexity index is 948. The summed E-state index contributed by atoms with van der Waals surface area (Å²) in [6.07, 6.45) is 3.91. The van der Waals surface area contributed by atoms with Crippen molar-refractivity contribution in [2.45, 2.75) is 38.9 Å². The van der Waals surface area contributed by atoms with E-state index in [1.807, 2.05) is 18.3 Å². The first-order valence-corrected chi connectivity index (χ1v) is 9.93. The molecule has 0 N–H and O–H groups in total. The summed E-state index contributed by atoms with van der Waals surface area (Å²) >= 11 is 6.31. The Kier molecular flexibility index (Phi) is 5.20. The summed E-state index contributed by atoms with van der Waals surface area (Å²) in [4.78, 5) is 6.62. The average molecular weight is 386 g/mol. The molecule has 1 atom stereocenters. The zero-order valence-corrected chi connectivity index (χ0v) is 16.6. The summed E-state index contributed by atoms with van der Waals surface area (Å²) in [6.45, 7) is 4.72. The number of fused-ring (bicyclic) bond motifs is 3. The van der Waals surface area contributed by atoms with Crippen LogP contribution in [0.3, 0.4) is 0 Å². The zero-order chi connectivity index (χ0) is 19.0. The second-order valence-corrected chi connectivity index (χ2v) is 8.05. The molecule has 0 saturated carbocycles. The minimum absolute atomic E-state index is 0.294. The van der Waals surface area contributed by atoms with E-state index in [1.165, 1.54) is 22.2 Å². The molecule has 1 aliphatic rings. The van der Waals surface area contributed by atoms with Crippen LogP contribution in [0.4, 0.5) is 4.39 Å². The normalized spacial score (nSPS) is 16.3. The van der Waals surface area contributed by atoms with Gasteiger partial charge in [-0.25, -0.2) is 4.39 Å². The van der Waals surface area contributed by atoms with Crippen molar-refractivity contribution in [2.75, 3.05) is 20.1 Å². The zero-order valence-electron chi connectivity index (χ0n) is 15.9. The van der Waals surface area contributed by atoms with Gasteiger partial charge in [-0.15, -0.1) is 0 Å². The molecular formula is C22H25ClFN3. The molecule has 0 fully saturated rings. The van der Waals surface area contributed by atoms with Crippen molar-refractivity contribution in [3.05, 3.63) is 64.1 Å². The molecule has 0 aliphatic carbocycles. The molecule has 4 rings (SSSR count). The molecule has 3 nitrogen and oxygen atoms in total. The van der Waals surface area contributed by atoms with E-state index in [-0.39, 0.29) is 0 Å². The number of alkyl halides is 1. The van der Waals surface area contributed by atoms with Gasteiger partial charge in [-0.2, -0.15) is 0 Å². The summed E-state index contributed by atoms with van der Waals surface area (Å²) in [5.41, 5.74) is 5.76. The second kappa shape index (κ2) is 7.61. The lowest BCUT2D eigenvalue weighted by Crippen LogP contribution is -2.21. The number of benzene rings is 1. The third kappa shape index (κ3) is 3.61. The molecule has 1 aliphatic heterocycles. The van der Waals surface area contributed by atoms with Crippen LogP contribution in [0.15, 0.2) is 36.5 Å². The molecule has 0 radical (unpaired) electrons. The fourth-order valence-electron chi connectivity index (χ4n) is 4.12. The Balaban J connectivity index is 1.74. The topological polar surface area (TPSA) is 21.1 Å². The summed E-state index contributed by atoms with van der Waals surface area (Å²) < 4.78 is 15.2. The SMILES string of the molecule is CC(Cn1c2c(c3cc(Cl)ccc31)CCN(C)CC2)c1ccc(CF)nc1. The average Bonchev–Trinajstić information content (AvgIpc) is 2.82. The van der Waals surface area contributed by atoms with Crippen LogP contribution in [-0.4, -0.2) is 34.6 Å². The highest BCUT2D eigenvalue weighted by atomic mass is 35.5. The van der Waals surface area contributed by atoms with Crippen molar-refractivity contribution in [1.29, 1.82) is 0 Å². The summed E-state index contributed by atoms with van der Waals surface area (Å²) in [6, 6.07) is 10.0. The quantitative estimate of drug-likeness (QED) is 0.630. The van der Waals surface area contributed by atoms with Crippen LogP contribution in [0.1, 0.15) is 35.4 Å². The molecule has 2 aromatic heterocycles. The van der Waals surface area contributed by atoms with Gasteiger partial charge in [0.15, 0.2) is 0 Å². The predicted octanol–water partition coefficient (Wildman–Crippen LogP) is 4.99. The smallest absolute Gasteiger partial charge is 0.131 e. The summed E-state index contributed by atoms with van der Waals surface area (Å²) in [5.74, 6) is 0.294. The lowest BCUT2D eigenvalue weighted by atomic mass is 10.0. The number of likely N-dealkylation sites (N-methyl/N-ethyl adjacent to an activating group) is 1. The number of pyridine rings is 1. The highest BCUT2D eigenvalue weighted by molar-refractivity contribution is 6.31. The van der Waals surface area contributed by atoms with E-state index in [0.717, 1.165) is 43.1 Å². The van der Waals surface area contributed by atoms with Crippen LogP contribution in [-0.2, 0) is 26.1 Å². The lowest BCUT2D eigenvalue weighted by Gasteiger charge is -2.18. The maximum atomic E-state index is 12.7. The Morgan fingerprint density at radius 2 is 2.00 bits per heavy atom. The molecule has 0 bridgehead atoms. The molecule has 3 heterocycles. The third-order valence-corrected chi connectivity index (χ3v) is 5.97. The Morgan fingerprint density at radius 1 is 1.19 bits per heavy atom. The second-order valence-electron chi connectivity index (χ2n) is 7.62. The minimum atomic E-state index is -0.515. The van der Waals surface area contributed by atoms with E-state index in [9.17, 15) is 4.39 Å². The van der Waals surface area contributed by atoms with Gasteiger partial charge in [-0.05, 0) is 48.9 Å². The Labute approximate surface area is 164 Å². The fourth-order valence-corrected chi connectivity index (χ4v) is 4.29. The monoisotopic (exact) mass is 385 g/mol. The van der Waals surface area contributed by atoms with Gasteiger partial charge in [0.1, 0.15) is 6.67 Å². The summed E-state index contributed by atoms with van der Waals surface area (Å²) in [7, 11) is 2.19. The van der Waals surface area contributed by atoms with Crippen molar-refractivity contribution in [1.82, 2.24) is 14.5 Å². The number of halogens is 2. The Morgan fingerprint density at radius 3 is 2.74 bits per heavy atom. The van der Waals surface area contributed by atoms with Gasteiger partial charge in [-0.3, -0.25) is 4.98 Å². The van der Waals surface area contributed by atoms with E-state index in [2.05, 4.69) is 40.6 Å². The number of hydrogen-bond donors (Lipinski definition) is 0. The van der Waals surface area contributed by atoms with Gasteiger partial charge < -0.3 is 9.47 Å². The first-order chi connectivity index (χ1) is 13.1. The van der Waals surface area contributed by atoms with Crippen LogP contribution in [0.5, 0.6) is 0 Å². The number of aromatic nitrogens is 2. The van der Waals surface area contributed by atoms with E-state index in [0.29, 0.717) is 11.6 Å². The molecule has 5 heteroatoms. The van der Waals surface area contributed by atoms with E-state index >= 15 is 0 Å². The largest absolute Gasteiger partial charge is 0.344 e. The van der Waals surface area contributed by atoms with Crippen LogP contribution in [0, 0.1) is 0 Å². The highest BCUT2D eigenvalue weighted by Gasteiger charge is 2.22. The van der Waals surface area contributed by atoms with E-state index in [4.69, 9.17) is 11.6 Å². The Hall–Kier alpha value is -1.91. The van der Waals surface area contributed by atoms with Crippen molar-refractivity contribution in [3.8, 4) is 0 Å². The molecule has 0 saturated heterocycles. The maximum Gasteiger partial charge on any atom is 0.131 e.